The molecule has 0 unspecified atom stereocenters. The summed E-state index contributed by atoms with van der Waals surface area (Å²) in [6, 6.07) is 10.9. The molecule has 1 heterocycles. The Kier molecular flexibility index (Phi) is 3.52. The molecule has 0 aliphatic carbocycles. The third-order valence-electron chi connectivity index (χ3n) is 3.66. The van der Waals surface area contributed by atoms with Gasteiger partial charge in [0.1, 0.15) is 12.4 Å². The average molecular weight is 272 g/mol. The third kappa shape index (κ3) is 2.44. The van der Waals surface area contributed by atoms with Gasteiger partial charge < -0.3 is 10.1 Å². The number of nitro groups is 1. The zero-order valence-electron chi connectivity index (χ0n) is 11.0. The average Bonchev–Trinajstić information content (AvgIpc) is 2.97. The molecule has 2 aromatic rings. The number of hydrogen-bond acceptors (Lipinski definition) is 4. The van der Waals surface area contributed by atoms with Crippen LogP contribution >= 0.6 is 0 Å². The van der Waals surface area contributed by atoms with Crippen LogP contribution in [0, 0.1) is 10.1 Å². The summed E-state index contributed by atoms with van der Waals surface area (Å²) in [7, 11) is 0. The molecule has 0 amide bonds. The summed E-state index contributed by atoms with van der Waals surface area (Å²) in [5.41, 5.74) is 0.118. The van der Waals surface area contributed by atoms with Crippen molar-refractivity contribution in [3.05, 3.63) is 46.5 Å². The van der Waals surface area contributed by atoms with Gasteiger partial charge in [0.2, 0.25) is 0 Å². The number of nitrogens with one attached hydrogen (secondary N) is 1. The van der Waals surface area contributed by atoms with E-state index in [-0.39, 0.29) is 10.6 Å². The van der Waals surface area contributed by atoms with Gasteiger partial charge in [-0.1, -0.05) is 18.2 Å². The molecule has 5 heteroatoms. The van der Waals surface area contributed by atoms with Crippen molar-refractivity contribution >= 4 is 16.5 Å². The standard InChI is InChI=1S/C15H16N2O3/c18-17(19)14-7-8-15(13-6-2-1-5-12(13)14)20-10-11-4-3-9-16-11/h1-2,5-8,11,16H,3-4,9-10H2/t11-/m1/s1. The Morgan fingerprint density at radius 3 is 2.75 bits per heavy atom. The second-order valence-corrected chi connectivity index (χ2v) is 4.99. The Labute approximate surface area is 116 Å². The summed E-state index contributed by atoms with van der Waals surface area (Å²) >= 11 is 0. The number of benzene rings is 2. The molecule has 2 aromatic carbocycles. The maximum atomic E-state index is 11.0. The quantitative estimate of drug-likeness (QED) is 0.686. The highest BCUT2D eigenvalue weighted by atomic mass is 16.6. The van der Waals surface area contributed by atoms with Crippen LogP contribution in [0.1, 0.15) is 12.8 Å². The summed E-state index contributed by atoms with van der Waals surface area (Å²) in [6.45, 7) is 1.64. The number of ether oxygens (including phenoxy) is 1. The van der Waals surface area contributed by atoms with Crippen LogP contribution in [0.2, 0.25) is 0 Å². The molecule has 0 spiro atoms. The van der Waals surface area contributed by atoms with Gasteiger partial charge in [-0.3, -0.25) is 10.1 Å². The smallest absolute Gasteiger partial charge is 0.277 e. The number of nitro benzene ring substituents is 1. The Morgan fingerprint density at radius 2 is 2.05 bits per heavy atom. The Hall–Kier alpha value is -2.14. The minimum Gasteiger partial charge on any atom is -0.491 e. The lowest BCUT2D eigenvalue weighted by Gasteiger charge is -2.13. The lowest BCUT2D eigenvalue weighted by molar-refractivity contribution is -0.383. The largest absolute Gasteiger partial charge is 0.491 e. The van der Waals surface area contributed by atoms with Crippen LogP contribution in [0.3, 0.4) is 0 Å². The molecule has 20 heavy (non-hydrogen) atoms. The number of rotatable bonds is 4. The van der Waals surface area contributed by atoms with E-state index in [0.717, 1.165) is 18.4 Å². The topological polar surface area (TPSA) is 64.4 Å². The molecule has 1 fully saturated rings. The van der Waals surface area contributed by atoms with Crippen LogP contribution in [-0.4, -0.2) is 24.1 Å². The summed E-state index contributed by atoms with van der Waals surface area (Å²) in [5.74, 6) is 0.708. The molecule has 0 bridgehead atoms. The fourth-order valence-electron chi connectivity index (χ4n) is 2.63. The highest BCUT2D eigenvalue weighted by molar-refractivity contribution is 5.95. The zero-order chi connectivity index (χ0) is 13.9. The summed E-state index contributed by atoms with van der Waals surface area (Å²) in [6.07, 6.45) is 2.29. The van der Waals surface area contributed by atoms with Crippen molar-refractivity contribution in [2.24, 2.45) is 0 Å². The third-order valence-corrected chi connectivity index (χ3v) is 3.66. The van der Waals surface area contributed by atoms with Crippen LogP contribution in [0.15, 0.2) is 36.4 Å². The molecule has 1 aliphatic rings. The second-order valence-electron chi connectivity index (χ2n) is 4.99. The fraction of sp³-hybridized carbons (Fsp3) is 0.333. The molecule has 3 rings (SSSR count). The van der Waals surface area contributed by atoms with E-state index in [1.54, 1.807) is 18.2 Å². The maximum absolute atomic E-state index is 11.0. The zero-order valence-corrected chi connectivity index (χ0v) is 11.0. The van der Waals surface area contributed by atoms with E-state index in [2.05, 4.69) is 5.32 Å². The van der Waals surface area contributed by atoms with Gasteiger partial charge in [0, 0.05) is 17.5 Å². The van der Waals surface area contributed by atoms with E-state index in [4.69, 9.17) is 4.74 Å². The fourth-order valence-corrected chi connectivity index (χ4v) is 2.63. The van der Waals surface area contributed by atoms with Crippen LogP contribution in [0.5, 0.6) is 5.75 Å². The van der Waals surface area contributed by atoms with E-state index >= 15 is 0 Å². The van der Waals surface area contributed by atoms with E-state index in [0.29, 0.717) is 23.8 Å². The lowest BCUT2D eigenvalue weighted by Crippen LogP contribution is -2.28. The first kappa shape index (κ1) is 12.9. The first-order chi connectivity index (χ1) is 9.75. The van der Waals surface area contributed by atoms with Crippen molar-refractivity contribution in [3.8, 4) is 5.75 Å². The van der Waals surface area contributed by atoms with Crippen molar-refractivity contribution in [1.29, 1.82) is 0 Å². The normalized spacial score (nSPS) is 18.3. The van der Waals surface area contributed by atoms with Crippen molar-refractivity contribution in [3.63, 3.8) is 0 Å². The molecular formula is C15H16N2O3. The van der Waals surface area contributed by atoms with Gasteiger partial charge in [0.05, 0.1) is 10.3 Å². The molecule has 0 radical (unpaired) electrons. The molecule has 1 N–H and O–H groups in total. The molecular weight excluding hydrogens is 256 g/mol. The van der Waals surface area contributed by atoms with Crippen molar-refractivity contribution in [2.75, 3.05) is 13.2 Å². The summed E-state index contributed by atoms with van der Waals surface area (Å²) < 4.78 is 5.85. The minimum absolute atomic E-state index is 0.118. The van der Waals surface area contributed by atoms with Crippen LogP contribution < -0.4 is 10.1 Å². The van der Waals surface area contributed by atoms with Crippen LogP contribution in [-0.2, 0) is 0 Å². The molecule has 104 valence electrons. The van der Waals surface area contributed by atoms with Gasteiger partial charge >= 0.3 is 0 Å². The number of nitrogens with zero attached hydrogens (tertiary/aromatic N) is 1. The summed E-state index contributed by atoms with van der Waals surface area (Å²) in [4.78, 5) is 10.7. The van der Waals surface area contributed by atoms with Gasteiger partial charge in [0.25, 0.3) is 5.69 Å². The Morgan fingerprint density at radius 1 is 1.25 bits per heavy atom. The van der Waals surface area contributed by atoms with E-state index in [1.807, 2.05) is 12.1 Å². The second kappa shape index (κ2) is 5.46. The van der Waals surface area contributed by atoms with Gasteiger partial charge in [-0.05, 0) is 31.5 Å². The Balaban J connectivity index is 1.91. The monoisotopic (exact) mass is 272 g/mol. The van der Waals surface area contributed by atoms with Crippen molar-refractivity contribution in [2.45, 2.75) is 18.9 Å². The lowest BCUT2D eigenvalue weighted by atomic mass is 10.1. The van der Waals surface area contributed by atoms with Gasteiger partial charge in [-0.15, -0.1) is 0 Å². The van der Waals surface area contributed by atoms with Crippen LogP contribution in [0.25, 0.3) is 10.8 Å². The highest BCUT2D eigenvalue weighted by Crippen LogP contribution is 2.32. The molecule has 1 atom stereocenters. The van der Waals surface area contributed by atoms with Gasteiger partial charge in [-0.2, -0.15) is 0 Å². The highest BCUT2D eigenvalue weighted by Gasteiger charge is 2.17. The number of hydrogen-bond donors (Lipinski definition) is 1. The molecule has 5 nitrogen and oxygen atoms in total. The number of fused-ring (bicyclic) bond motifs is 1. The van der Waals surface area contributed by atoms with Gasteiger partial charge in [0.15, 0.2) is 0 Å². The molecule has 0 saturated carbocycles. The van der Waals surface area contributed by atoms with E-state index in [1.165, 1.54) is 12.5 Å². The predicted octanol–water partition coefficient (Wildman–Crippen LogP) is 2.88. The maximum Gasteiger partial charge on any atom is 0.277 e. The van der Waals surface area contributed by atoms with E-state index < -0.39 is 0 Å². The molecule has 1 saturated heterocycles. The Bertz CT molecular complexity index is 636. The van der Waals surface area contributed by atoms with Crippen LogP contribution in [0.4, 0.5) is 5.69 Å². The predicted molar refractivity (Wildman–Crippen MR) is 77.1 cm³/mol. The first-order valence-corrected chi connectivity index (χ1v) is 6.78. The van der Waals surface area contributed by atoms with E-state index in [9.17, 15) is 10.1 Å². The SMILES string of the molecule is O=[N+]([O-])c1ccc(OC[C@H]2CCCN2)c2ccccc12. The first-order valence-electron chi connectivity index (χ1n) is 6.78. The van der Waals surface area contributed by atoms with Crippen molar-refractivity contribution in [1.82, 2.24) is 5.32 Å². The molecule has 0 aromatic heterocycles. The minimum atomic E-state index is -0.357. The summed E-state index contributed by atoms with van der Waals surface area (Å²) in [5, 5.41) is 15.8. The molecule has 1 aliphatic heterocycles. The number of non-ortho nitro benzene ring substituents is 1. The van der Waals surface area contributed by atoms with Crippen molar-refractivity contribution < 1.29 is 9.66 Å². The van der Waals surface area contributed by atoms with Gasteiger partial charge in [-0.25, -0.2) is 0 Å².